The third-order valence-electron chi connectivity index (χ3n) is 6.05. The van der Waals surface area contributed by atoms with Crippen molar-refractivity contribution in [1.82, 2.24) is 14.5 Å². The minimum atomic E-state index is -3.46. The zero-order chi connectivity index (χ0) is 24.1. The Balaban J connectivity index is 1.29. The van der Waals surface area contributed by atoms with E-state index < -0.39 is 10.0 Å². The SMILES string of the molecule is C[C@H](NC(=O)c1ccc(CN2CCN(S(=O)(=O)c3ccccc3)CC2)cc1)c1ccc(F)cc1. The topological polar surface area (TPSA) is 69.7 Å². The van der Waals surface area contributed by atoms with Gasteiger partial charge in [0.1, 0.15) is 5.82 Å². The molecule has 1 amide bonds. The Bertz CT molecular complexity index is 1210. The lowest BCUT2D eigenvalue weighted by molar-refractivity contribution is 0.0940. The summed E-state index contributed by atoms with van der Waals surface area (Å²) in [6, 6.07) is 21.8. The Morgan fingerprint density at radius 2 is 1.53 bits per heavy atom. The molecular formula is C26H28FN3O3S. The van der Waals surface area contributed by atoms with Gasteiger partial charge in [-0.2, -0.15) is 4.31 Å². The maximum Gasteiger partial charge on any atom is 0.251 e. The molecule has 3 aromatic rings. The molecule has 0 unspecified atom stereocenters. The first-order chi connectivity index (χ1) is 16.3. The van der Waals surface area contributed by atoms with Gasteiger partial charge in [-0.05, 0) is 54.4 Å². The average molecular weight is 482 g/mol. The van der Waals surface area contributed by atoms with Crippen LogP contribution in [0.4, 0.5) is 4.39 Å². The van der Waals surface area contributed by atoms with Crippen molar-refractivity contribution < 1.29 is 17.6 Å². The van der Waals surface area contributed by atoms with Gasteiger partial charge in [-0.3, -0.25) is 9.69 Å². The summed E-state index contributed by atoms with van der Waals surface area (Å²) in [5, 5.41) is 2.93. The summed E-state index contributed by atoms with van der Waals surface area (Å²) in [7, 11) is -3.46. The fraction of sp³-hybridized carbons (Fsp3) is 0.269. The molecule has 0 aliphatic carbocycles. The van der Waals surface area contributed by atoms with Gasteiger partial charge in [0.2, 0.25) is 10.0 Å². The second-order valence-electron chi connectivity index (χ2n) is 8.44. The molecule has 0 spiro atoms. The molecule has 1 aliphatic heterocycles. The first-order valence-electron chi connectivity index (χ1n) is 11.3. The molecule has 1 heterocycles. The molecule has 1 N–H and O–H groups in total. The molecule has 0 radical (unpaired) electrons. The van der Waals surface area contributed by atoms with Crippen LogP contribution in [0.15, 0.2) is 83.8 Å². The van der Waals surface area contributed by atoms with Crippen molar-refractivity contribution in [1.29, 1.82) is 0 Å². The Labute approximate surface area is 200 Å². The lowest BCUT2D eigenvalue weighted by atomic mass is 10.1. The van der Waals surface area contributed by atoms with Gasteiger partial charge in [0.05, 0.1) is 10.9 Å². The summed E-state index contributed by atoms with van der Waals surface area (Å²) in [5.41, 5.74) is 2.44. The van der Waals surface area contributed by atoms with Crippen molar-refractivity contribution in [3.63, 3.8) is 0 Å². The van der Waals surface area contributed by atoms with Crippen molar-refractivity contribution >= 4 is 15.9 Å². The number of hydrogen-bond acceptors (Lipinski definition) is 4. The van der Waals surface area contributed by atoms with E-state index >= 15 is 0 Å². The van der Waals surface area contributed by atoms with Gasteiger partial charge in [0.15, 0.2) is 0 Å². The Hall–Kier alpha value is -3.07. The highest BCUT2D eigenvalue weighted by Gasteiger charge is 2.28. The van der Waals surface area contributed by atoms with E-state index in [1.165, 1.54) is 16.4 Å². The first-order valence-corrected chi connectivity index (χ1v) is 12.7. The maximum absolute atomic E-state index is 13.1. The fourth-order valence-corrected chi connectivity index (χ4v) is 5.45. The molecule has 1 saturated heterocycles. The monoisotopic (exact) mass is 481 g/mol. The molecular weight excluding hydrogens is 453 g/mol. The summed E-state index contributed by atoms with van der Waals surface area (Å²) >= 11 is 0. The van der Waals surface area contributed by atoms with E-state index in [1.54, 1.807) is 54.6 Å². The zero-order valence-electron chi connectivity index (χ0n) is 19.0. The predicted molar refractivity (Wildman–Crippen MR) is 129 cm³/mol. The van der Waals surface area contributed by atoms with Crippen LogP contribution in [0.25, 0.3) is 0 Å². The van der Waals surface area contributed by atoms with Gasteiger partial charge in [0.25, 0.3) is 5.91 Å². The molecule has 8 heteroatoms. The number of hydrogen-bond donors (Lipinski definition) is 1. The number of benzene rings is 3. The molecule has 0 saturated carbocycles. The van der Waals surface area contributed by atoms with E-state index in [1.807, 2.05) is 19.1 Å². The number of carbonyl (C=O) groups is 1. The van der Waals surface area contributed by atoms with Gasteiger partial charge in [-0.15, -0.1) is 0 Å². The van der Waals surface area contributed by atoms with Crippen molar-refractivity contribution in [2.45, 2.75) is 24.4 Å². The second-order valence-corrected chi connectivity index (χ2v) is 10.4. The van der Waals surface area contributed by atoms with Gasteiger partial charge in [-0.1, -0.05) is 42.5 Å². The molecule has 34 heavy (non-hydrogen) atoms. The van der Waals surface area contributed by atoms with Crippen LogP contribution in [0.1, 0.15) is 34.5 Å². The summed E-state index contributed by atoms with van der Waals surface area (Å²) in [5.74, 6) is -0.500. The Kier molecular flexibility index (Phi) is 7.41. The van der Waals surface area contributed by atoms with Gasteiger partial charge < -0.3 is 5.32 Å². The molecule has 1 atom stereocenters. The smallest absolute Gasteiger partial charge is 0.251 e. The minimum Gasteiger partial charge on any atom is -0.346 e. The van der Waals surface area contributed by atoms with E-state index in [4.69, 9.17) is 0 Å². The van der Waals surface area contributed by atoms with Gasteiger partial charge in [0, 0.05) is 38.3 Å². The molecule has 3 aromatic carbocycles. The summed E-state index contributed by atoms with van der Waals surface area (Å²) in [6.07, 6.45) is 0. The standard InChI is InChI=1S/C26H28FN3O3S/c1-20(22-11-13-24(27)14-12-22)28-26(31)23-9-7-21(8-10-23)19-29-15-17-30(18-16-29)34(32,33)25-5-3-2-4-6-25/h2-14,20H,15-19H2,1H3,(H,28,31)/t20-/m0/s1. The number of halogens is 1. The fourth-order valence-electron chi connectivity index (χ4n) is 4.00. The minimum absolute atomic E-state index is 0.192. The second kappa shape index (κ2) is 10.5. The lowest BCUT2D eigenvalue weighted by Crippen LogP contribution is -2.48. The normalized spacial score (nSPS) is 16.2. The lowest BCUT2D eigenvalue weighted by Gasteiger charge is -2.34. The predicted octanol–water partition coefficient (Wildman–Crippen LogP) is 3.82. The molecule has 6 nitrogen and oxygen atoms in total. The van der Waals surface area contributed by atoms with Crippen LogP contribution in [0, 0.1) is 5.82 Å². The zero-order valence-corrected chi connectivity index (χ0v) is 19.8. The van der Waals surface area contributed by atoms with Gasteiger partial charge in [-0.25, -0.2) is 12.8 Å². The molecule has 1 aliphatic rings. The molecule has 1 fully saturated rings. The number of amides is 1. The molecule has 178 valence electrons. The maximum atomic E-state index is 13.1. The summed E-state index contributed by atoms with van der Waals surface area (Å²) in [4.78, 5) is 15.1. The van der Waals surface area contributed by atoms with E-state index in [-0.39, 0.29) is 17.8 Å². The molecule has 0 aromatic heterocycles. The van der Waals surface area contributed by atoms with Crippen LogP contribution < -0.4 is 5.32 Å². The third kappa shape index (κ3) is 5.70. The first kappa shape index (κ1) is 24.1. The van der Waals surface area contributed by atoms with E-state index in [0.29, 0.717) is 43.2 Å². The number of nitrogens with one attached hydrogen (secondary N) is 1. The van der Waals surface area contributed by atoms with Crippen LogP contribution >= 0.6 is 0 Å². The number of rotatable bonds is 7. The van der Waals surface area contributed by atoms with Gasteiger partial charge >= 0.3 is 0 Å². The van der Waals surface area contributed by atoms with Crippen LogP contribution in [0.2, 0.25) is 0 Å². The van der Waals surface area contributed by atoms with Crippen molar-refractivity contribution in [2.24, 2.45) is 0 Å². The third-order valence-corrected chi connectivity index (χ3v) is 7.97. The van der Waals surface area contributed by atoms with Crippen molar-refractivity contribution in [3.05, 3.63) is 101 Å². The molecule has 4 rings (SSSR count). The van der Waals surface area contributed by atoms with E-state index in [9.17, 15) is 17.6 Å². The van der Waals surface area contributed by atoms with Crippen molar-refractivity contribution in [2.75, 3.05) is 26.2 Å². The van der Waals surface area contributed by atoms with Crippen LogP contribution in [-0.2, 0) is 16.6 Å². The van der Waals surface area contributed by atoms with Crippen LogP contribution in [-0.4, -0.2) is 49.7 Å². The quantitative estimate of drug-likeness (QED) is 0.557. The summed E-state index contributed by atoms with van der Waals surface area (Å²) in [6.45, 7) is 4.72. The van der Waals surface area contributed by atoms with Crippen LogP contribution in [0.3, 0.4) is 0 Å². The van der Waals surface area contributed by atoms with E-state index in [2.05, 4.69) is 10.2 Å². The summed E-state index contributed by atoms with van der Waals surface area (Å²) < 4.78 is 40.2. The highest BCUT2D eigenvalue weighted by molar-refractivity contribution is 7.89. The highest BCUT2D eigenvalue weighted by atomic mass is 32.2. The Morgan fingerprint density at radius 1 is 0.912 bits per heavy atom. The number of piperazine rings is 1. The largest absolute Gasteiger partial charge is 0.346 e. The highest BCUT2D eigenvalue weighted by Crippen LogP contribution is 2.19. The molecule has 0 bridgehead atoms. The van der Waals surface area contributed by atoms with E-state index in [0.717, 1.165) is 11.1 Å². The number of sulfonamides is 1. The number of nitrogens with zero attached hydrogens (tertiary/aromatic N) is 2. The van der Waals surface area contributed by atoms with Crippen molar-refractivity contribution in [3.8, 4) is 0 Å². The Morgan fingerprint density at radius 3 is 2.15 bits per heavy atom. The van der Waals surface area contributed by atoms with Crippen LogP contribution in [0.5, 0.6) is 0 Å². The average Bonchev–Trinajstić information content (AvgIpc) is 2.85. The number of carbonyl (C=O) groups excluding carboxylic acids is 1.